The molecule has 1 aromatic heterocycles. The molecule has 1 heterocycles. The molecule has 6 heteroatoms. The van der Waals surface area contributed by atoms with E-state index in [4.69, 9.17) is 4.42 Å². The summed E-state index contributed by atoms with van der Waals surface area (Å²) >= 11 is 3.43. The van der Waals surface area contributed by atoms with E-state index in [0.29, 0.717) is 27.0 Å². The van der Waals surface area contributed by atoms with Gasteiger partial charge in [0.25, 0.3) is 11.8 Å². The van der Waals surface area contributed by atoms with Crippen molar-refractivity contribution in [2.75, 3.05) is 10.6 Å². The molecule has 5 nitrogen and oxygen atoms in total. The van der Waals surface area contributed by atoms with Crippen LogP contribution in [-0.4, -0.2) is 11.8 Å². The highest BCUT2D eigenvalue weighted by Gasteiger charge is 2.18. The van der Waals surface area contributed by atoms with Crippen molar-refractivity contribution in [1.82, 2.24) is 0 Å². The van der Waals surface area contributed by atoms with E-state index in [9.17, 15) is 9.59 Å². The van der Waals surface area contributed by atoms with Crippen LogP contribution in [0.5, 0.6) is 0 Å². The van der Waals surface area contributed by atoms with Gasteiger partial charge in [0.15, 0.2) is 5.76 Å². The molecule has 0 unspecified atom stereocenters. The molecule has 0 spiro atoms. The smallest absolute Gasteiger partial charge is 0.291 e. The lowest BCUT2D eigenvalue weighted by atomic mass is 10.1. The molecule has 0 atom stereocenters. The zero-order chi connectivity index (χ0) is 20.4. The number of carbonyl (C=O) groups excluding carboxylic acids is 2. The first-order valence-corrected chi connectivity index (χ1v) is 9.77. The fourth-order valence-electron chi connectivity index (χ4n) is 3.06. The highest BCUT2D eigenvalue weighted by molar-refractivity contribution is 9.10. The summed E-state index contributed by atoms with van der Waals surface area (Å²) in [6, 6.07) is 21.7. The van der Waals surface area contributed by atoms with Crippen LogP contribution in [0.1, 0.15) is 26.5 Å². The summed E-state index contributed by atoms with van der Waals surface area (Å²) in [5.74, 6) is -0.312. The predicted octanol–water partition coefficient (Wildman–Crippen LogP) is 6.01. The number of aryl methyl sites for hydroxylation is 1. The van der Waals surface area contributed by atoms with Crippen LogP contribution in [-0.2, 0) is 0 Å². The number of para-hydroxylation sites is 1. The molecule has 2 amide bonds. The Morgan fingerprint density at radius 2 is 1.59 bits per heavy atom. The van der Waals surface area contributed by atoms with Crippen LogP contribution >= 0.6 is 15.9 Å². The average Bonchev–Trinajstić information content (AvgIpc) is 3.08. The van der Waals surface area contributed by atoms with Gasteiger partial charge in [-0.15, -0.1) is 0 Å². The van der Waals surface area contributed by atoms with E-state index in [2.05, 4.69) is 26.6 Å². The summed E-state index contributed by atoms with van der Waals surface area (Å²) < 4.78 is 6.43. The Balaban J connectivity index is 1.56. The quantitative estimate of drug-likeness (QED) is 0.401. The van der Waals surface area contributed by atoms with Gasteiger partial charge >= 0.3 is 0 Å². The number of nitrogens with one attached hydrogen (secondary N) is 2. The number of fused-ring (bicyclic) bond motifs is 1. The molecule has 0 aliphatic heterocycles. The highest BCUT2D eigenvalue weighted by atomic mass is 79.9. The first-order valence-electron chi connectivity index (χ1n) is 8.98. The zero-order valence-corrected chi connectivity index (χ0v) is 17.1. The average molecular weight is 449 g/mol. The van der Waals surface area contributed by atoms with Crippen LogP contribution < -0.4 is 10.6 Å². The fourth-order valence-corrected chi connectivity index (χ4v) is 3.41. The van der Waals surface area contributed by atoms with Crippen LogP contribution in [0.2, 0.25) is 0 Å². The molecule has 0 radical (unpaired) electrons. The van der Waals surface area contributed by atoms with Gasteiger partial charge in [-0.1, -0.05) is 36.4 Å². The Hall–Kier alpha value is -3.38. The van der Waals surface area contributed by atoms with E-state index in [-0.39, 0.29) is 17.6 Å². The van der Waals surface area contributed by atoms with Crippen LogP contribution in [0.25, 0.3) is 11.0 Å². The number of furan rings is 1. The maximum Gasteiger partial charge on any atom is 0.291 e. The van der Waals surface area contributed by atoms with E-state index in [0.717, 1.165) is 10.9 Å². The summed E-state index contributed by atoms with van der Waals surface area (Å²) in [4.78, 5) is 25.2. The molecule has 0 aliphatic carbocycles. The first-order chi connectivity index (χ1) is 14.0. The van der Waals surface area contributed by atoms with Gasteiger partial charge in [0.05, 0.1) is 5.69 Å². The minimum absolute atomic E-state index is 0.233. The molecule has 144 valence electrons. The van der Waals surface area contributed by atoms with E-state index < -0.39 is 0 Å². The maximum atomic E-state index is 12.7. The molecule has 0 saturated carbocycles. The van der Waals surface area contributed by atoms with Crippen molar-refractivity contribution in [2.45, 2.75) is 6.92 Å². The van der Waals surface area contributed by atoms with E-state index in [1.165, 1.54) is 0 Å². The number of anilines is 2. The predicted molar refractivity (Wildman–Crippen MR) is 117 cm³/mol. The molecular formula is C23H17BrN2O3. The van der Waals surface area contributed by atoms with Crippen LogP contribution in [0.3, 0.4) is 0 Å². The lowest BCUT2D eigenvalue weighted by Gasteiger charge is -2.10. The van der Waals surface area contributed by atoms with Crippen molar-refractivity contribution in [3.8, 4) is 0 Å². The molecular weight excluding hydrogens is 432 g/mol. The fraction of sp³-hybridized carbons (Fsp3) is 0.0435. The number of halogens is 1. The Kier molecular flexibility index (Phi) is 5.18. The van der Waals surface area contributed by atoms with Gasteiger partial charge in [0, 0.05) is 26.7 Å². The van der Waals surface area contributed by atoms with Gasteiger partial charge in [-0.05, 0) is 59.3 Å². The number of amides is 2. The third-order valence-corrected chi connectivity index (χ3v) is 5.25. The second-order valence-corrected chi connectivity index (χ2v) is 7.38. The zero-order valence-electron chi connectivity index (χ0n) is 15.5. The molecule has 0 bridgehead atoms. The third-order valence-electron chi connectivity index (χ3n) is 4.56. The molecule has 3 aromatic carbocycles. The standard InChI is InChI=1S/C23H17BrN2O3/c1-14-17-9-5-6-10-20(17)29-21(14)23(28)25-16-11-12-18(24)19(13-16)26-22(27)15-7-3-2-4-8-15/h2-13H,1H3,(H,25,28)(H,26,27). The van der Waals surface area contributed by atoms with E-state index in [1.807, 2.05) is 37.3 Å². The van der Waals surface area contributed by atoms with Gasteiger partial charge in [0.1, 0.15) is 5.58 Å². The first kappa shape index (κ1) is 19.0. The normalized spacial score (nSPS) is 10.7. The van der Waals surface area contributed by atoms with Gasteiger partial charge in [0.2, 0.25) is 0 Å². The molecule has 29 heavy (non-hydrogen) atoms. The summed E-state index contributed by atoms with van der Waals surface area (Å²) in [5, 5.41) is 6.59. The van der Waals surface area contributed by atoms with Crippen molar-refractivity contribution in [3.63, 3.8) is 0 Å². The summed E-state index contributed by atoms with van der Waals surface area (Å²) in [6.07, 6.45) is 0. The minimum atomic E-state index is -0.346. The molecule has 4 aromatic rings. The van der Waals surface area contributed by atoms with Crippen molar-refractivity contribution in [2.24, 2.45) is 0 Å². The van der Waals surface area contributed by atoms with E-state index in [1.54, 1.807) is 42.5 Å². The highest BCUT2D eigenvalue weighted by Crippen LogP contribution is 2.29. The summed E-state index contributed by atoms with van der Waals surface area (Å²) in [7, 11) is 0. The van der Waals surface area contributed by atoms with Gasteiger partial charge < -0.3 is 15.1 Å². The number of rotatable bonds is 4. The minimum Gasteiger partial charge on any atom is -0.451 e. The van der Waals surface area contributed by atoms with Gasteiger partial charge in [-0.2, -0.15) is 0 Å². The number of hydrogen-bond donors (Lipinski definition) is 2. The monoisotopic (exact) mass is 448 g/mol. The largest absolute Gasteiger partial charge is 0.451 e. The second-order valence-electron chi connectivity index (χ2n) is 6.52. The van der Waals surface area contributed by atoms with Crippen molar-refractivity contribution in [3.05, 3.63) is 94.2 Å². The lowest BCUT2D eigenvalue weighted by Crippen LogP contribution is -2.14. The molecule has 0 fully saturated rings. The lowest BCUT2D eigenvalue weighted by molar-refractivity contribution is 0.0996. The summed E-state index contributed by atoms with van der Waals surface area (Å²) in [5.41, 5.74) is 3.10. The number of benzene rings is 3. The van der Waals surface area contributed by atoms with Crippen LogP contribution in [0.4, 0.5) is 11.4 Å². The van der Waals surface area contributed by atoms with Crippen LogP contribution in [0.15, 0.2) is 81.7 Å². The summed E-state index contributed by atoms with van der Waals surface area (Å²) in [6.45, 7) is 1.85. The van der Waals surface area contributed by atoms with Crippen molar-refractivity contribution >= 4 is 50.1 Å². The Morgan fingerprint density at radius 1 is 0.862 bits per heavy atom. The van der Waals surface area contributed by atoms with Crippen molar-refractivity contribution < 1.29 is 14.0 Å². The Bertz CT molecular complexity index is 1220. The maximum absolute atomic E-state index is 12.7. The van der Waals surface area contributed by atoms with Crippen molar-refractivity contribution in [1.29, 1.82) is 0 Å². The topological polar surface area (TPSA) is 71.3 Å². The second kappa shape index (κ2) is 7.93. The SMILES string of the molecule is Cc1c(C(=O)Nc2ccc(Br)c(NC(=O)c3ccccc3)c2)oc2ccccc12. The number of carbonyl (C=O) groups is 2. The van der Waals surface area contributed by atoms with Gasteiger partial charge in [-0.3, -0.25) is 9.59 Å². The molecule has 0 aliphatic rings. The van der Waals surface area contributed by atoms with Gasteiger partial charge in [-0.25, -0.2) is 0 Å². The molecule has 4 rings (SSSR count). The molecule has 2 N–H and O–H groups in total. The van der Waals surface area contributed by atoms with Crippen LogP contribution in [0, 0.1) is 6.92 Å². The molecule has 0 saturated heterocycles. The third kappa shape index (κ3) is 3.93. The van der Waals surface area contributed by atoms with E-state index >= 15 is 0 Å². The number of hydrogen-bond acceptors (Lipinski definition) is 3. The Morgan fingerprint density at radius 3 is 2.34 bits per heavy atom. The Labute approximate surface area is 175 Å².